The molecule has 2 aromatic carbocycles. The molecule has 0 aliphatic rings. The van der Waals surface area contributed by atoms with Gasteiger partial charge in [-0.3, -0.25) is 4.79 Å². The fraction of sp³-hybridized carbons (Fsp3) is 0. The molecule has 0 radical (unpaired) electrons. The number of carbonyl (C=O) groups is 1. The first-order valence-electron chi connectivity index (χ1n) is 5.73. The van der Waals surface area contributed by atoms with Crippen LogP contribution in [0.25, 0.3) is 22.6 Å². The highest BCUT2D eigenvalue weighted by Crippen LogP contribution is 2.14. The van der Waals surface area contributed by atoms with E-state index in [0.29, 0.717) is 5.56 Å². The van der Waals surface area contributed by atoms with E-state index in [0.717, 1.165) is 11.1 Å². The molecule has 0 aliphatic heterocycles. The van der Waals surface area contributed by atoms with E-state index in [2.05, 4.69) is 10.0 Å². The summed E-state index contributed by atoms with van der Waals surface area (Å²) in [6.45, 7) is 0. The first-order valence-corrected chi connectivity index (χ1v) is 5.73. The molecule has 0 bridgehead atoms. The lowest BCUT2D eigenvalue weighted by atomic mass is 10.1. The Bertz CT molecular complexity index is 656. The van der Waals surface area contributed by atoms with E-state index in [1.54, 1.807) is 18.2 Å². The Morgan fingerprint density at radius 3 is 2.42 bits per heavy atom. The van der Waals surface area contributed by atoms with Crippen LogP contribution in [0.5, 0.6) is 0 Å². The predicted molar refractivity (Wildman–Crippen MR) is 75.3 cm³/mol. The maximum Gasteiger partial charge on any atom is 0.249 e. The molecule has 4 heteroatoms. The van der Waals surface area contributed by atoms with Crippen molar-refractivity contribution in [3.63, 3.8) is 0 Å². The van der Waals surface area contributed by atoms with E-state index in [9.17, 15) is 4.79 Å². The second-order valence-electron chi connectivity index (χ2n) is 3.83. The molecule has 92 valence electrons. The lowest BCUT2D eigenvalue weighted by molar-refractivity contribution is 0.1000. The highest BCUT2D eigenvalue weighted by atomic mass is 16.1. The Balaban J connectivity index is 2.33. The van der Waals surface area contributed by atoms with Crippen molar-refractivity contribution in [2.75, 3.05) is 0 Å². The molecule has 0 spiro atoms. The molecule has 0 unspecified atom stereocenters. The number of hydrogen-bond donors (Lipinski definition) is 0. The van der Waals surface area contributed by atoms with Gasteiger partial charge >= 0.3 is 0 Å². The van der Waals surface area contributed by atoms with E-state index in [-0.39, 0.29) is 0 Å². The minimum Gasteiger partial charge on any atom is -0.287 e. The molecule has 1 amide bonds. The van der Waals surface area contributed by atoms with Crippen LogP contribution in [-0.2, 0) is 0 Å². The molecule has 19 heavy (non-hydrogen) atoms. The predicted octanol–water partition coefficient (Wildman–Crippen LogP) is 4.31. The molecule has 0 saturated heterocycles. The third kappa shape index (κ3) is 3.31. The van der Waals surface area contributed by atoms with Gasteiger partial charge in [0, 0.05) is 10.5 Å². The van der Waals surface area contributed by atoms with Gasteiger partial charge in [-0.1, -0.05) is 66.7 Å². The van der Waals surface area contributed by atoms with E-state index in [1.807, 2.05) is 48.6 Å². The highest BCUT2D eigenvalue weighted by Gasteiger charge is 2.06. The van der Waals surface area contributed by atoms with Gasteiger partial charge < -0.3 is 0 Å². The summed E-state index contributed by atoms with van der Waals surface area (Å²) in [5, 5.41) is 3.12. The van der Waals surface area contributed by atoms with Crippen LogP contribution in [0.4, 0.5) is 0 Å². The molecule has 2 rings (SSSR count). The van der Waals surface area contributed by atoms with Gasteiger partial charge in [0.05, 0.1) is 0 Å². The fourth-order valence-corrected chi connectivity index (χ4v) is 1.68. The molecule has 0 N–H and O–H groups in total. The number of benzene rings is 2. The van der Waals surface area contributed by atoms with Crippen LogP contribution in [0.15, 0.2) is 59.7 Å². The zero-order valence-electron chi connectivity index (χ0n) is 10.1. The molecule has 0 aliphatic carbocycles. The zero-order chi connectivity index (χ0) is 13.5. The molecule has 0 atom stereocenters. The molecular formula is C15H11N3O. The number of azide groups is 1. The summed E-state index contributed by atoms with van der Waals surface area (Å²) in [4.78, 5) is 14.1. The maximum absolute atomic E-state index is 11.6. The van der Waals surface area contributed by atoms with Gasteiger partial charge in [0.2, 0.25) is 5.91 Å². The number of nitrogens with zero attached hydrogens (tertiary/aromatic N) is 3. The largest absolute Gasteiger partial charge is 0.287 e. The first kappa shape index (κ1) is 12.6. The van der Waals surface area contributed by atoms with Crippen LogP contribution in [0, 0.1) is 0 Å². The lowest BCUT2D eigenvalue weighted by Gasteiger charge is -2.00. The van der Waals surface area contributed by atoms with Gasteiger partial charge in [-0.2, -0.15) is 0 Å². The van der Waals surface area contributed by atoms with Gasteiger partial charge in [-0.25, -0.2) is 0 Å². The smallest absolute Gasteiger partial charge is 0.249 e. The van der Waals surface area contributed by atoms with Crippen LogP contribution in [0.2, 0.25) is 0 Å². The van der Waals surface area contributed by atoms with E-state index in [4.69, 9.17) is 5.53 Å². The Hall–Kier alpha value is -2.84. The summed E-state index contributed by atoms with van der Waals surface area (Å²) >= 11 is 0. The molecule has 0 saturated carbocycles. The number of hydrogen-bond acceptors (Lipinski definition) is 1. The van der Waals surface area contributed by atoms with Gasteiger partial charge in [0.1, 0.15) is 0 Å². The summed E-state index contributed by atoms with van der Waals surface area (Å²) < 4.78 is 0. The van der Waals surface area contributed by atoms with Crippen LogP contribution >= 0.6 is 0 Å². The standard InChI is InChI=1S/C15H11N3O/c16-18-17-15(19)14-9-5-4-8-13(14)11-10-12-6-2-1-3-7-12/h1-11H. The Kier molecular flexibility index (Phi) is 4.11. The SMILES string of the molecule is [N-]=[N+]=NC(=O)c1ccccc1C=Cc1ccccc1. The third-order valence-corrected chi connectivity index (χ3v) is 2.58. The molecule has 0 fully saturated rings. The van der Waals surface area contributed by atoms with Crippen LogP contribution in [0.3, 0.4) is 0 Å². The topological polar surface area (TPSA) is 65.8 Å². The quantitative estimate of drug-likeness (QED) is 0.346. The van der Waals surface area contributed by atoms with Crippen molar-refractivity contribution < 1.29 is 4.79 Å². The van der Waals surface area contributed by atoms with Gasteiger partial charge in [0.15, 0.2) is 0 Å². The first-order chi connectivity index (χ1) is 9.31. The van der Waals surface area contributed by atoms with E-state index < -0.39 is 5.91 Å². The van der Waals surface area contributed by atoms with Gasteiger partial charge in [-0.05, 0) is 21.8 Å². The van der Waals surface area contributed by atoms with Crippen molar-refractivity contribution in [1.82, 2.24) is 0 Å². The Labute approximate surface area is 110 Å². The molecule has 2 aromatic rings. The molecule has 0 aromatic heterocycles. The maximum atomic E-state index is 11.6. The van der Waals surface area contributed by atoms with Crippen molar-refractivity contribution in [3.05, 3.63) is 81.7 Å². The highest BCUT2D eigenvalue weighted by molar-refractivity contribution is 5.99. The monoisotopic (exact) mass is 249 g/mol. The third-order valence-electron chi connectivity index (χ3n) is 2.58. The Morgan fingerprint density at radius 1 is 1.00 bits per heavy atom. The van der Waals surface area contributed by atoms with Crippen LogP contribution < -0.4 is 0 Å². The van der Waals surface area contributed by atoms with Crippen molar-refractivity contribution in [2.24, 2.45) is 5.11 Å². The molecular weight excluding hydrogens is 238 g/mol. The van der Waals surface area contributed by atoms with Crippen LogP contribution in [0.1, 0.15) is 21.5 Å². The van der Waals surface area contributed by atoms with Crippen LogP contribution in [-0.4, -0.2) is 5.91 Å². The van der Waals surface area contributed by atoms with Gasteiger partial charge in [0.25, 0.3) is 0 Å². The van der Waals surface area contributed by atoms with Gasteiger partial charge in [-0.15, -0.1) is 0 Å². The summed E-state index contributed by atoms with van der Waals surface area (Å²) in [5.74, 6) is -0.573. The molecule has 0 heterocycles. The average molecular weight is 249 g/mol. The summed E-state index contributed by atoms with van der Waals surface area (Å²) in [6.07, 6.45) is 3.73. The van der Waals surface area contributed by atoms with Crippen molar-refractivity contribution in [3.8, 4) is 0 Å². The summed E-state index contributed by atoms with van der Waals surface area (Å²) in [6, 6.07) is 16.8. The second-order valence-corrected chi connectivity index (χ2v) is 3.83. The minimum atomic E-state index is -0.573. The number of carbonyl (C=O) groups excluding carboxylic acids is 1. The normalized spacial score (nSPS) is 10.1. The number of amides is 1. The second kappa shape index (κ2) is 6.19. The lowest BCUT2D eigenvalue weighted by Crippen LogP contribution is -1.96. The van der Waals surface area contributed by atoms with E-state index >= 15 is 0 Å². The summed E-state index contributed by atoms with van der Waals surface area (Å²) in [7, 11) is 0. The average Bonchev–Trinajstić information content (AvgIpc) is 2.47. The minimum absolute atomic E-state index is 0.396. The Morgan fingerprint density at radius 2 is 1.68 bits per heavy atom. The fourth-order valence-electron chi connectivity index (χ4n) is 1.68. The molecule has 4 nitrogen and oxygen atoms in total. The van der Waals surface area contributed by atoms with Crippen molar-refractivity contribution >= 4 is 18.1 Å². The van der Waals surface area contributed by atoms with Crippen molar-refractivity contribution in [2.45, 2.75) is 0 Å². The van der Waals surface area contributed by atoms with Crippen molar-refractivity contribution in [1.29, 1.82) is 0 Å². The zero-order valence-corrected chi connectivity index (χ0v) is 10.1. The summed E-state index contributed by atoms with van der Waals surface area (Å²) in [5.41, 5.74) is 10.5. The van der Waals surface area contributed by atoms with E-state index in [1.165, 1.54) is 0 Å². The number of rotatable bonds is 3.